The molecule has 152 valence electrons. The van der Waals surface area contributed by atoms with Crippen LogP contribution >= 0.6 is 0 Å². The smallest absolute Gasteiger partial charge is 0.119 e. The van der Waals surface area contributed by atoms with Crippen LogP contribution in [0.1, 0.15) is 11.1 Å². The van der Waals surface area contributed by atoms with Crippen LogP contribution in [0.5, 0.6) is 5.75 Å². The van der Waals surface area contributed by atoms with E-state index in [1.807, 2.05) is 30.3 Å². The summed E-state index contributed by atoms with van der Waals surface area (Å²) in [6.07, 6.45) is -0.533. The molecule has 1 fully saturated rings. The summed E-state index contributed by atoms with van der Waals surface area (Å²) in [5, 5.41) is 10.6. The van der Waals surface area contributed by atoms with Crippen molar-refractivity contribution in [1.82, 2.24) is 9.80 Å². The summed E-state index contributed by atoms with van der Waals surface area (Å²) >= 11 is 0. The van der Waals surface area contributed by atoms with E-state index in [0.717, 1.165) is 51.7 Å². The number of morpholine rings is 1. The molecule has 0 bridgehead atoms. The number of rotatable bonds is 10. The van der Waals surface area contributed by atoms with Crippen LogP contribution < -0.4 is 4.74 Å². The van der Waals surface area contributed by atoms with Crippen molar-refractivity contribution in [2.75, 3.05) is 52.5 Å². The Balaban J connectivity index is 1.54. The molecule has 1 saturated heterocycles. The standard InChI is InChI=1S/C23H32N2O3/c1-20-6-5-7-21(16-20)17-25(11-10-24-12-14-27-15-13-24)18-22(26)19-28-23-8-3-2-4-9-23/h2-9,16,22,26H,10-15,17-19H2,1H3. The third-order valence-electron chi connectivity index (χ3n) is 4.98. The van der Waals surface area contributed by atoms with Crippen LogP contribution in [0.25, 0.3) is 0 Å². The van der Waals surface area contributed by atoms with Gasteiger partial charge in [0.15, 0.2) is 0 Å². The Kier molecular flexibility index (Phi) is 8.30. The molecule has 1 atom stereocenters. The normalized spacial score (nSPS) is 16.2. The molecule has 28 heavy (non-hydrogen) atoms. The fourth-order valence-corrected chi connectivity index (χ4v) is 3.47. The maximum atomic E-state index is 10.6. The first-order valence-corrected chi connectivity index (χ1v) is 10.1. The molecule has 1 heterocycles. The molecule has 0 radical (unpaired) electrons. The summed E-state index contributed by atoms with van der Waals surface area (Å²) in [7, 11) is 0. The number of benzene rings is 2. The molecule has 3 rings (SSSR count). The maximum Gasteiger partial charge on any atom is 0.119 e. The van der Waals surface area contributed by atoms with Crippen molar-refractivity contribution < 1.29 is 14.6 Å². The molecule has 0 spiro atoms. The van der Waals surface area contributed by atoms with E-state index in [1.54, 1.807) is 0 Å². The second-order valence-electron chi connectivity index (χ2n) is 7.46. The van der Waals surface area contributed by atoms with Gasteiger partial charge in [0.1, 0.15) is 18.5 Å². The summed E-state index contributed by atoms with van der Waals surface area (Å²) in [4.78, 5) is 4.75. The van der Waals surface area contributed by atoms with Gasteiger partial charge in [-0.15, -0.1) is 0 Å². The van der Waals surface area contributed by atoms with Crippen molar-refractivity contribution in [3.05, 3.63) is 65.7 Å². The Hall–Kier alpha value is -1.92. The van der Waals surface area contributed by atoms with Crippen molar-refractivity contribution >= 4 is 0 Å². The second-order valence-corrected chi connectivity index (χ2v) is 7.46. The number of ether oxygens (including phenoxy) is 2. The van der Waals surface area contributed by atoms with Crippen LogP contribution in [0.4, 0.5) is 0 Å². The highest BCUT2D eigenvalue weighted by Gasteiger charge is 2.16. The summed E-state index contributed by atoms with van der Waals surface area (Å²) in [6, 6.07) is 18.2. The SMILES string of the molecule is Cc1cccc(CN(CCN2CCOCC2)CC(O)COc2ccccc2)c1. The van der Waals surface area contributed by atoms with Gasteiger partial charge in [0.05, 0.1) is 13.2 Å². The van der Waals surface area contributed by atoms with Gasteiger partial charge in [0.25, 0.3) is 0 Å². The monoisotopic (exact) mass is 384 g/mol. The number of nitrogens with zero attached hydrogens (tertiary/aromatic N) is 2. The average Bonchev–Trinajstić information content (AvgIpc) is 2.72. The maximum absolute atomic E-state index is 10.6. The highest BCUT2D eigenvalue weighted by Crippen LogP contribution is 2.11. The number of aliphatic hydroxyl groups excluding tert-OH is 1. The zero-order valence-corrected chi connectivity index (χ0v) is 16.8. The molecule has 1 aliphatic heterocycles. The Morgan fingerprint density at radius 1 is 1.11 bits per heavy atom. The highest BCUT2D eigenvalue weighted by molar-refractivity contribution is 5.22. The molecule has 1 N–H and O–H groups in total. The quantitative estimate of drug-likeness (QED) is 0.682. The number of hydrogen-bond acceptors (Lipinski definition) is 5. The van der Waals surface area contributed by atoms with Gasteiger partial charge in [0, 0.05) is 39.3 Å². The summed E-state index contributed by atoms with van der Waals surface area (Å²) in [6.45, 7) is 9.32. The largest absolute Gasteiger partial charge is 0.491 e. The van der Waals surface area contributed by atoms with Gasteiger partial charge >= 0.3 is 0 Å². The average molecular weight is 385 g/mol. The third-order valence-corrected chi connectivity index (χ3v) is 4.98. The Morgan fingerprint density at radius 3 is 2.64 bits per heavy atom. The minimum absolute atomic E-state index is 0.298. The number of aryl methyl sites for hydroxylation is 1. The Bertz CT molecular complexity index is 689. The minimum Gasteiger partial charge on any atom is -0.491 e. The second kappa shape index (κ2) is 11.2. The molecule has 5 heteroatoms. The molecule has 0 saturated carbocycles. The lowest BCUT2D eigenvalue weighted by Crippen LogP contribution is -2.43. The highest BCUT2D eigenvalue weighted by atomic mass is 16.5. The van der Waals surface area contributed by atoms with Gasteiger partial charge in [-0.05, 0) is 24.6 Å². The summed E-state index contributed by atoms with van der Waals surface area (Å²) < 4.78 is 11.2. The molecule has 2 aromatic rings. The fraction of sp³-hybridized carbons (Fsp3) is 0.478. The minimum atomic E-state index is -0.533. The molecular formula is C23H32N2O3. The number of hydrogen-bond donors (Lipinski definition) is 1. The fourth-order valence-electron chi connectivity index (χ4n) is 3.47. The first kappa shape index (κ1) is 20.8. The van der Waals surface area contributed by atoms with Gasteiger partial charge in [-0.2, -0.15) is 0 Å². The zero-order valence-electron chi connectivity index (χ0n) is 16.8. The molecule has 1 aliphatic rings. The van der Waals surface area contributed by atoms with E-state index in [2.05, 4.69) is 41.0 Å². The van der Waals surface area contributed by atoms with Crippen LogP contribution in [0.15, 0.2) is 54.6 Å². The van der Waals surface area contributed by atoms with E-state index in [1.165, 1.54) is 11.1 Å². The molecule has 2 aromatic carbocycles. The van der Waals surface area contributed by atoms with Crippen LogP contribution in [-0.2, 0) is 11.3 Å². The predicted molar refractivity (Wildman–Crippen MR) is 112 cm³/mol. The lowest BCUT2D eigenvalue weighted by molar-refractivity contribution is 0.0256. The van der Waals surface area contributed by atoms with Gasteiger partial charge in [-0.1, -0.05) is 48.0 Å². The topological polar surface area (TPSA) is 45.2 Å². The van der Waals surface area contributed by atoms with Crippen molar-refractivity contribution in [3.8, 4) is 5.75 Å². The van der Waals surface area contributed by atoms with Gasteiger partial charge in [0.2, 0.25) is 0 Å². The van der Waals surface area contributed by atoms with Crippen molar-refractivity contribution in [2.45, 2.75) is 19.6 Å². The summed E-state index contributed by atoms with van der Waals surface area (Å²) in [5.74, 6) is 0.792. The zero-order chi connectivity index (χ0) is 19.6. The first-order valence-electron chi connectivity index (χ1n) is 10.1. The van der Waals surface area contributed by atoms with E-state index < -0.39 is 6.10 Å². The number of aliphatic hydroxyl groups is 1. The van der Waals surface area contributed by atoms with Gasteiger partial charge in [-0.3, -0.25) is 9.80 Å². The van der Waals surface area contributed by atoms with E-state index >= 15 is 0 Å². The first-order chi connectivity index (χ1) is 13.7. The van der Waals surface area contributed by atoms with Crippen molar-refractivity contribution in [1.29, 1.82) is 0 Å². The lowest BCUT2D eigenvalue weighted by Gasteiger charge is -2.31. The Morgan fingerprint density at radius 2 is 1.89 bits per heavy atom. The van der Waals surface area contributed by atoms with Crippen molar-refractivity contribution in [2.24, 2.45) is 0 Å². The van der Waals surface area contributed by atoms with Crippen LogP contribution in [0.2, 0.25) is 0 Å². The molecule has 0 aromatic heterocycles. The van der Waals surface area contributed by atoms with Gasteiger partial charge in [-0.25, -0.2) is 0 Å². The summed E-state index contributed by atoms with van der Waals surface area (Å²) in [5.41, 5.74) is 2.54. The lowest BCUT2D eigenvalue weighted by atomic mass is 10.1. The molecular weight excluding hydrogens is 352 g/mol. The van der Waals surface area contributed by atoms with E-state index in [4.69, 9.17) is 9.47 Å². The molecule has 0 amide bonds. The van der Waals surface area contributed by atoms with E-state index in [9.17, 15) is 5.11 Å². The van der Waals surface area contributed by atoms with Crippen LogP contribution in [0, 0.1) is 6.92 Å². The van der Waals surface area contributed by atoms with E-state index in [-0.39, 0.29) is 0 Å². The molecule has 5 nitrogen and oxygen atoms in total. The van der Waals surface area contributed by atoms with Crippen LogP contribution in [-0.4, -0.2) is 73.6 Å². The number of para-hydroxylation sites is 1. The van der Waals surface area contributed by atoms with Crippen LogP contribution in [0.3, 0.4) is 0 Å². The third kappa shape index (κ3) is 7.24. The van der Waals surface area contributed by atoms with Crippen molar-refractivity contribution in [3.63, 3.8) is 0 Å². The van der Waals surface area contributed by atoms with E-state index in [0.29, 0.717) is 13.2 Å². The van der Waals surface area contributed by atoms with Gasteiger partial charge < -0.3 is 14.6 Å². The molecule has 0 aliphatic carbocycles. The predicted octanol–water partition coefficient (Wildman–Crippen LogP) is 2.57. The molecule has 1 unspecified atom stereocenters. The Labute approximate surface area is 168 Å².